The minimum atomic E-state index is -5.74. The molecule has 0 atom stereocenters. The topological polar surface area (TPSA) is 73.3 Å². The number of carboxylic acid groups (broad SMARTS) is 1. The molecule has 224 valence electrons. The van der Waals surface area contributed by atoms with Crippen LogP contribution in [0.15, 0.2) is 18.2 Å². The number of halogens is 6. The molecule has 1 aromatic rings. The molecule has 4 rings (SSSR count). The summed E-state index contributed by atoms with van der Waals surface area (Å²) in [7, 11) is 0. The van der Waals surface area contributed by atoms with Gasteiger partial charge < -0.3 is 14.7 Å². The van der Waals surface area contributed by atoms with Gasteiger partial charge in [0.2, 0.25) is 0 Å². The van der Waals surface area contributed by atoms with E-state index < -0.39 is 30.5 Å². The van der Waals surface area contributed by atoms with Crippen LogP contribution in [0.4, 0.5) is 31.1 Å². The number of alkyl halides is 6. The molecule has 3 fully saturated rings. The first-order chi connectivity index (χ1) is 18.6. The van der Waals surface area contributed by atoms with Crippen molar-refractivity contribution in [3.05, 3.63) is 34.9 Å². The first-order valence-corrected chi connectivity index (χ1v) is 13.5. The van der Waals surface area contributed by atoms with E-state index >= 15 is 0 Å². The highest BCUT2D eigenvalue weighted by atomic mass is 19.4. The molecule has 0 unspecified atom stereocenters. The molecule has 40 heavy (non-hydrogen) atoms. The Hall–Kier alpha value is -2.54. The van der Waals surface area contributed by atoms with Crippen molar-refractivity contribution in [3.63, 3.8) is 0 Å². The number of hydrogen-bond donors (Lipinski definition) is 1. The molecule has 3 saturated heterocycles. The minimum Gasteiger partial charge on any atom is -0.481 e. The number of ether oxygens (including phenoxy) is 1. The molecule has 3 aliphatic rings. The number of carbonyl (C=O) groups is 2. The summed E-state index contributed by atoms with van der Waals surface area (Å²) >= 11 is 0. The van der Waals surface area contributed by atoms with Gasteiger partial charge in [0.25, 0.3) is 6.10 Å². The van der Waals surface area contributed by atoms with E-state index in [0.717, 1.165) is 49.6 Å². The molecular weight excluding hydrogens is 544 g/mol. The van der Waals surface area contributed by atoms with Gasteiger partial charge in [0.05, 0.1) is 5.92 Å². The van der Waals surface area contributed by atoms with Gasteiger partial charge in [-0.15, -0.1) is 0 Å². The summed E-state index contributed by atoms with van der Waals surface area (Å²) in [5.41, 5.74) is 3.34. The van der Waals surface area contributed by atoms with Gasteiger partial charge >= 0.3 is 24.4 Å². The van der Waals surface area contributed by atoms with Crippen LogP contribution in [0.5, 0.6) is 0 Å². The van der Waals surface area contributed by atoms with E-state index in [9.17, 15) is 41.0 Å². The normalized spacial score (nSPS) is 21.4. The van der Waals surface area contributed by atoms with Gasteiger partial charge in [0.15, 0.2) is 0 Å². The quantitative estimate of drug-likeness (QED) is 0.467. The van der Waals surface area contributed by atoms with Crippen LogP contribution in [0.1, 0.15) is 48.8 Å². The van der Waals surface area contributed by atoms with Crippen LogP contribution in [0.25, 0.3) is 0 Å². The number of amides is 1. The zero-order chi connectivity index (χ0) is 29.3. The third-order valence-electron chi connectivity index (χ3n) is 8.50. The van der Waals surface area contributed by atoms with Gasteiger partial charge in [0.1, 0.15) is 0 Å². The van der Waals surface area contributed by atoms with Gasteiger partial charge in [-0.25, -0.2) is 4.79 Å². The van der Waals surface area contributed by atoms with Crippen LogP contribution in [0.2, 0.25) is 0 Å². The smallest absolute Gasteiger partial charge is 0.434 e. The third kappa shape index (κ3) is 7.39. The summed E-state index contributed by atoms with van der Waals surface area (Å²) in [6, 6.07) is 6.32. The van der Waals surface area contributed by atoms with E-state index in [1.807, 2.05) is 6.92 Å². The molecule has 1 N–H and O–H groups in total. The Labute approximate surface area is 229 Å². The van der Waals surface area contributed by atoms with Crippen LogP contribution in [-0.2, 0) is 22.6 Å². The minimum absolute atomic E-state index is 0.0389. The van der Waals surface area contributed by atoms with E-state index in [1.54, 1.807) is 0 Å². The van der Waals surface area contributed by atoms with Crippen LogP contribution in [0, 0.1) is 18.3 Å². The molecule has 0 radical (unpaired) electrons. The summed E-state index contributed by atoms with van der Waals surface area (Å²) in [6.07, 6.45) is -14.2. The summed E-state index contributed by atoms with van der Waals surface area (Å²) in [5, 5.41) is 9.26. The van der Waals surface area contributed by atoms with Crippen molar-refractivity contribution in [2.24, 2.45) is 11.3 Å². The van der Waals surface area contributed by atoms with Gasteiger partial charge in [-0.2, -0.15) is 26.3 Å². The molecule has 0 saturated carbocycles. The predicted octanol–water partition coefficient (Wildman–Crippen LogP) is 5.21. The first-order valence-electron chi connectivity index (χ1n) is 13.5. The summed E-state index contributed by atoms with van der Waals surface area (Å²) < 4.78 is 80.6. The molecule has 7 nitrogen and oxygen atoms in total. The predicted molar refractivity (Wildman–Crippen MR) is 132 cm³/mol. The number of rotatable bonds is 6. The highest BCUT2D eigenvalue weighted by Crippen LogP contribution is 2.42. The lowest BCUT2D eigenvalue weighted by Crippen LogP contribution is -2.50. The second-order valence-corrected chi connectivity index (χ2v) is 11.5. The number of carboxylic acids is 1. The number of nitrogens with zero attached hydrogens (tertiary/aromatic N) is 3. The van der Waals surface area contributed by atoms with Crippen LogP contribution >= 0.6 is 0 Å². The second-order valence-electron chi connectivity index (χ2n) is 11.5. The molecule has 0 aromatic heterocycles. The Morgan fingerprint density at radius 3 is 2.08 bits per heavy atom. The molecule has 1 amide bonds. The highest BCUT2D eigenvalue weighted by Gasteiger charge is 2.60. The summed E-state index contributed by atoms with van der Waals surface area (Å²) in [5.74, 6) is -1.04. The monoisotopic (exact) mass is 579 g/mol. The Morgan fingerprint density at radius 2 is 1.50 bits per heavy atom. The number of carbonyl (C=O) groups excluding carboxylic acids is 1. The van der Waals surface area contributed by atoms with Crippen LogP contribution < -0.4 is 0 Å². The number of aliphatic carboxylic acids is 1. The van der Waals surface area contributed by atoms with Crippen molar-refractivity contribution in [1.29, 1.82) is 0 Å². The molecule has 13 heteroatoms. The fraction of sp³-hybridized carbons (Fsp3) is 0.704. The maximum atomic E-state index is 12.8. The van der Waals surface area contributed by atoms with Crippen LogP contribution in [0.3, 0.4) is 0 Å². The lowest BCUT2D eigenvalue weighted by Gasteiger charge is -2.39. The van der Waals surface area contributed by atoms with Gasteiger partial charge in [-0.05, 0) is 75.2 Å². The van der Waals surface area contributed by atoms with Crippen molar-refractivity contribution in [2.75, 3.05) is 39.3 Å². The van der Waals surface area contributed by atoms with E-state index in [-0.39, 0.29) is 24.4 Å². The number of aryl methyl sites for hydroxylation is 1. The number of benzene rings is 1. The summed E-state index contributed by atoms with van der Waals surface area (Å²) in [4.78, 5) is 28.9. The average molecular weight is 580 g/mol. The molecule has 0 bridgehead atoms. The van der Waals surface area contributed by atoms with Crippen LogP contribution in [-0.4, -0.2) is 89.6 Å². The molecule has 3 aliphatic heterocycles. The zero-order valence-electron chi connectivity index (χ0n) is 22.4. The van der Waals surface area contributed by atoms with Crippen molar-refractivity contribution in [3.8, 4) is 0 Å². The summed E-state index contributed by atoms with van der Waals surface area (Å²) in [6.45, 7) is 6.51. The maximum absolute atomic E-state index is 12.8. The van der Waals surface area contributed by atoms with Crippen molar-refractivity contribution in [1.82, 2.24) is 14.7 Å². The second kappa shape index (κ2) is 11.8. The number of likely N-dealkylation sites (tertiary alicyclic amines) is 3. The van der Waals surface area contributed by atoms with Gasteiger partial charge in [-0.1, -0.05) is 23.8 Å². The Bertz CT molecular complexity index is 1050. The first kappa shape index (κ1) is 30.4. The molecule has 1 spiro atoms. The lowest BCUT2D eigenvalue weighted by molar-refractivity contribution is -0.308. The van der Waals surface area contributed by atoms with Crippen molar-refractivity contribution < 1.29 is 45.8 Å². The zero-order valence-corrected chi connectivity index (χ0v) is 22.4. The van der Waals surface area contributed by atoms with Crippen molar-refractivity contribution in [2.45, 2.75) is 70.6 Å². The molecule has 1 aromatic carbocycles. The number of piperidine rings is 2. The Morgan fingerprint density at radius 1 is 0.925 bits per heavy atom. The highest BCUT2D eigenvalue weighted by molar-refractivity contribution is 5.70. The average Bonchev–Trinajstić information content (AvgIpc) is 3.25. The lowest BCUT2D eigenvalue weighted by atomic mass is 9.78. The van der Waals surface area contributed by atoms with Gasteiger partial charge in [0, 0.05) is 32.7 Å². The van der Waals surface area contributed by atoms with E-state index in [2.05, 4.69) is 32.7 Å². The van der Waals surface area contributed by atoms with Crippen molar-refractivity contribution >= 4 is 12.1 Å². The largest absolute Gasteiger partial charge is 0.481 e. The number of hydrogen-bond acceptors (Lipinski definition) is 5. The molecular formula is C27H35F6N3O4. The fourth-order valence-corrected chi connectivity index (χ4v) is 6.10. The van der Waals surface area contributed by atoms with Gasteiger partial charge in [-0.3, -0.25) is 14.6 Å². The third-order valence-corrected chi connectivity index (χ3v) is 8.50. The Balaban J connectivity index is 1.31. The standard InChI is InChI=1S/C27H35F6N3O4/c1-18-2-3-20(21(14-18)16-34-9-4-19(5-10-34)22(37)38)15-35-11-6-25(17-35)7-12-36(13-8-25)24(39)40-23(26(28,29)30)27(31,32)33/h2-3,14,19,23H,4-13,15-17H2,1H3,(H,37,38). The van der Waals surface area contributed by atoms with E-state index in [4.69, 9.17) is 0 Å². The SMILES string of the molecule is Cc1ccc(CN2CCC3(CCN(C(=O)OC(C(F)(F)F)C(F)(F)F)CC3)C2)c(CN2CCC(C(=O)O)CC2)c1. The maximum Gasteiger partial charge on any atom is 0.434 e. The van der Waals surface area contributed by atoms with E-state index in [0.29, 0.717) is 32.2 Å². The van der Waals surface area contributed by atoms with E-state index in [1.165, 1.54) is 11.1 Å². The molecule has 3 heterocycles. The fourth-order valence-electron chi connectivity index (χ4n) is 6.10. The Kier molecular flexibility index (Phi) is 8.94. The molecule has 0 aliphatic carbocycles.